The summed E-state index contributed by atoms with van der Waals surface area (Å²) in [5, 5.41) is 13.7. The third-order valence-electron chi connectivity index (χ3n) is 5.53. The van der Waals surface area contributed by atoms with Crippen molar-refractivity contribution >= 4 is 10.9 Å². The molecule has 2 aliphatic rings. The summed E-state index contributed by atoms with van der Waals surface area (Å²) in [6.45, 7) is 0. The van der Waals surface area contributed by atoms with Crippen molar-refractivity contribution in [3.63, 3.8) is 0 Å². The highest BCUT2D eigenvalue weighted by molar-refractivity contribution is 5.82. The van der Waals surface area contributed by atoms with E-state index in [4.69, 9.17) is 5.10 Å². The molecule has 124 valence electrons. The van der Waals surface area contributed by atoms with Gasteiger partial charge in [-0.2, -0.15) is 10.2 Å². The van der Waals surface area contributed by atoms with Crippen LogP contribution >= 0.6 is 0 Å². The summed E-state index contributed by atoms with van der Waals surface area (Å²) in [5.74, 6) is 0.616. The molecule has 6 heteroatoms. The third kappa shape index (κ3) is 2.17. The molecule has 1 N–H and O–H groups in total. The van der Waals surface area contributed by atoms with E-state index in [0.29, 0.717) is 18.0 Å². The van der Waals surface area contributed by atoms with Crippen molar-refractivity contribution in [1.29, 1.82) is 0 Å². The van der Waals surface area contributed by atoms with Crippen molar-refractivity contribution in [2.45, 2.75) is 43.7 Å². The Hall–Kier alpha value is -2.21. The van der Waals surface area contributed by atoms with Crippen LogP contribution in [0.1, 0.15) is 43.3 Å². The molecule has 24 heavy (non-hydrogen) atoms. The van der Waals surface area contributed by atoms with Crippen molar-refractivity contribution < 1.29 is 0 Å². The normalized spacial score (nSPS) is 23.6. The van der Waals surface area contributed by atoms with Gasteiger partial charge in [0.05, 0.1) is 29.1 Å². The average molecular weight is 322 g/mol. The molecule has 0 aromatic carbocycles. The largest absolute Gasteiger partial charge is 0.317 e. The van der Waals surface area contributed by atoms with E-state index in [1.54, 1.807) is 0 Å². The lowest BCUT2D eigenvalue weighted by Gasteiger charge is -2.35. The maximum Gasteiger partial charge on any atom is 0.0758 e. The van der Waals surface area contributed by atoms with Crippen molar-refractivity contribution in [2.24, 2.45) is 7.05 Å². The molecule has 0 atom stereocenters. The van der Waals surface area contributed by atoms with Crippen LogP contribution < -0.4 is 5.32 Å². The van der Waals surface area contributed by atoms with Crippen LogP contribution in [0.25, 0.3) is 22.2 Å². The Morgan fingerprint density at radius 2 is 2.04 bits per heavy atom. The van der Waals surface area contributed by atoms with Crippen LogP contribution in [-0.4, -0.2) is 37.6 Å². The highest BCUT2D eigenvalue weighted by Crippen LogP contribution is 2.44. The molecule has 0 amide bonds. The van der Waals surface area contributed by atoms with Crippen molar-refractivity contribution in [1.82, 2.24) is 29.9 Å². The number of pyridine rings is 1. The summed E-state index contributed by atoms with van der Waals surface area (Å²) >= 11 is 0. The summed E-state index contributed by atoms with van der Waals surface area (Å²) in [6, 6.07) is 3.30. The molecular formula is C18H22N6. The maximum atomic E-state index is 4.96. The van der Waals surface area contributed by atoms with Crippen LogP contribution in [0.3, 0.4) is 0 Å². The van der Waals surface area contributed by atoms with Gasteiger partial charge in [-0.25, -0.2) is 0 Å². The molecule has 6 nitrogen and oxygen atoms in total. The first kappa shape index (κ1) is 14.2. The predicted molar refractivity (Wildman–Crippen MR) is 92.8 cm³/mol. The zero-order chi connectivity index (χ0) is 16.3. The first-order valence-corrected chi connectivity index (χ1v) is 8.77. The van der Waals surface area contributed by atoms with E-state index in [0.717, 1.165) is 29.4 Å². The summed E-state index contributed by atoms with van der Waals surface area (Å²) in [7, 11) is 4.02. The van der Waals surface area contributed by atoms with E-state index in [1.807, 2.05) is 31.2 Å². The summed E-state index contributed by atoms with van der Waals surface area (Å²) in [5.41, 5.74) is 4.57. The topological polar surface area (TPSA) is 60.6 Å². The first-order chi connectivity index (χ1) is 11.7. The molecule has 0 aliphatic heterocycles. The van der Waals surface area contributed by atoms with E-state index >= 15 is 0 Å². The monoisotopic (exact) mass is 322 g/mol. The second-order valence-corrected chi connectivity index (χ2v) is 7.19. The molecule has 3 aromatic rings. The second kappa shape index (κ2) is 5.14. The summed E-state index contributed by atoms with van der Waals surface area (Å²) < 4.78 is 4.09. The Balaban J connectivity index is 1.55. The minimum atomic E-state index is 0.522. The van der Waals surface area contributed by atoms with Gasteiger partial charge < -0.3 is 5.32 Å². The Labute approximate surface area is 140 Å². The number of aromatic nitrogens is 5. The van der Waals surface area contributed by atoms with E-state index in [-0.39, 0.29) is 0 Å². The van der Waals surface area contributed by atoms with Gasteiger partial charge >= 0.3 is 0 Å². The fraction of sp³-hybridized carbons (Fsp3) is 0.500. The molecule has 0 spiro atoms. The van der Waals surface area contributed by atoms with Crippen LogP contribution in [0.5, 0.6) is 0 Å². The van der Waals surface area contributed by atoms with E-state index in [9.17, 15) is 0 Å². The molecule has 3 heterocycles. The lowest BCUT2D eigenvalue weighted by molar-refractivity contribution is 0.219. The molecule has 0 bridgehead atoms. The second-order valence-electron chi connectivity index (χ2n) is 7.19. The first-order valence-electron chi connectivity index (χ1n) is 8.77. The van der Waals surface area contributed by atoms with Gasteiger partial charge in [-0.05, 0) is 38.8 Å². The fourth-order valence-electron chi connectivity index (χ4n) is 3.68. The van der Waals surface area contributed by atoms with Gasteiger partial charge in [-0.1, -0.05) is 0 Å². The third-order valence-corrected chi connectivity index (χ3v) is 5.53. The number of nitrogens with zero attached hydrogens (tertiary/aromatic N) is 5. The van der Waals surface area contributed by atoms with E-state index < -0.39 is 0 Å². The lowest BCUT2D eigenvalue weighted by Crippen LogP contribution is -2.40. The van der Waals surface area contributed by atoms with Gasteiger partial charge in [0.2, 0.25) is 0 Å². The van der Waals surface area contributed by atoms with Gasteiger partial charge in [0.15, 0.2) is 0 Å². The molecular weight excluding hydrogens is 300 g/mol. The zero-order valence-electron chi connectivity index (χ0n) is 14.1. The summed E-state index contributed by atoms with van der Waals surface area (Å²) in [6.07, 6.45) is 10.8. The Kier molecular flexibility index (Phi) is 3.03. The smallest absolute Gasteiger partial charge is 0.0758 e. The standard InChI is InChI=1S/C18H22N6/c1-19-13-5-14(6-13)24-10-15(18(22-24)11-3-4-11)16-7-17-12(8-20-16)9-21-23(17)2/h7-11,13-14,19H,3-6H2,1-2H3. The van der Waals surface area contributed by atoms with Gasteiger partial charge in [0, 0.05) is 42.4 Å². The van der Waals surface area contributed by atoms with Crippen molar-refractivity contribution in [3.05, 3.63) is 30.4 Å². The predicted octanol–water partition coefficient (Wildman–Crippen LogP) is 2.63. The Bertz CT molecular complexity index is 898. The SMILES string of the molecule is CNC1CC(n2cc(-c3cc4c(cn3)cnn4C)c(C3CC3)n2)C1. The molecule has 0 radical (unpaired) electrons. The fourth-order valence-corrected chi connectivity index (χ4v) is 3.68. The molecule has 0 unspecified atom stereocenters. The van der Waals surface area contributed by atoms with E-state index in [1.165, 1.54) is 24.1 Å². The number of aryl methyl sites for hydroxylation is 1. The van der Waals surface area contributed by atoms with Crippen LogP contribution in [0.15, 0.2) is 24.7 Å². The molecule has 2 fully saturated rings. The van der Waals surface area contributed by atoms with Gasteiger partial charge in [0.1, 0.15) is 0 Å². The highest BCUT2D eigenvalue weighted by atomic mass is 15.3. The maximum absolute atomic E-state index is 4.96. The van der Waals surface area contributed by atoms with Crippen LogP contribution in [0, 0.1) is 0 Å². The van der Waals surface area contributed by atoms with Crippen LogP contribution in [0.4, 0.5) is 0 Å². The Morgan fingerprint density at radius 3 is 2.79 bits per heavy atom. The van der Waals surface area contributed by atoms with Gasteiger partial charge in [-0.15, -0.1) is 0 Å². The minimum Gasteiger partial charge on any atom is -0.317 e. The Morgan fingerprint density at radius 1 is 1.21 bits per heavy atom. The van der Waals surface area contributed by atoms with Gasteiger partial charge in [-0.3, -0.25) is 14.3 Å². The lowest BCUT2D eigenvalue weighted by atomic mass is 9.87. The summed E-state index contributed by atoms with van der Waals surface area (Å²) in [4.78, 5) is 4.69. The molecule has 2 aliphatic carbocycles. The highest BCUT2D eigenvalue weighted by Gasteiger charge is 2.34. The average Bonchev–Trinajstić information content (AvgIpc) is 3.21. The zero-order valence-corrected chi connectivity index (χ0v) is 14.1. The number of rotatable bonds is 4. The molecule has 3 aromatic heterocycles. The number of fused-ring (bicyclic) bond motifs is 1. The number of hydrogen-bond acceptors (Lipinski definition) is 4. The molecule has 0 saturated heterocycles. The van der Waals surface area contributed by atoms with Crippen LogP contribution in [-0.2, 0) is 7.05 Å². The quantitative estimate of drug-likeness (QED) is 0.802. The molecule has 5 rings (SSSR count). The van der Waals surface area contributed by atoms with E-state index in [2.05, 4.69) is 32.3 Å². The molecule has 2 saturated carbocycles. The number of nitrogens with one attached hydrogen (secondary N) is 1. The minimum absolute atomic E-state index is 0.522. The van der Waals surface area contributed by atoms with Crippen LogP contribution in [0.2, 0.25) is 0 Å². The number of hydrogen-bond donors (Lipinski definition) is 1. The van der Waals surface area contributed by atoms with Gasteiger partial charge in [0.25, 0.3) is 0 Å². The van der Waals surface area contributed by atoms with Crippen molar-refractivity contribution in [3.8, 4) is 11.3 Å². The van der Waals surface area contributed by atoms with Crippen molar-refractivity contribution in [2.75, 3.05) is 7.05 Å².